The molecule has 4 rings (SSSR count). The number of hydrogen-bond donors (Lipinski definition) is 1. The molecule has 31 heavy (non-hydrogen) atoms. The van der Waals surface area contributed by atoms with Crippen molar-refractivity contribution in [1.29, 1.82) is 0 Å². The van der Waals surface area contributed by atoms with Crippen molar-refractivity contribution in [3.05, 3.63) is 70.9 Å². The molecule has 9 heteroatoms. The zero-order valence-corrected chi connectivity index (χ0v) is 17.2. The van der Waals surface area contributed by atoms with Gasteiger partial charge in [-0.15, -0.1) is 0 Å². The Balaban J connectivity index is 1.55. The van der Waals surface area contributed by atoms with Crippen molar-refractivity contribution in [1.82, 2.24) is 15.5 Å². The van der Waals surface area contributed by atoms with Crippen molar-refractivity contribution < 1.29 is 23.6 Å². The number of rotatable bonds is 6. The number of aromatic nitrogens is 2. The summed E-state index contributed by atoms with van der Waals surface area (Å²) in [5.41, 5.74) is 1.10. The molecule has 0 aliphatic carbocycles. The molecule has 3 amide bonds. The van der Waals surface area contributed by atoms with Gasteiger partial charge in [-0.25, -0.2) is 4.90 Å². The van der Waals surface area contributed by atoms with Crippen LogP contribution in [0.25, 0.3) is 0 Å². The van der Waals surface area contributed by atoms with Crippen LogP contribution in [0.1, 0.15) is 62.7 Å². The Kier molecular flexibility index (Phi) is 5.24. The minimum atomic E-state index is -0.514. The lowest BCUT2D eigenvalue weighted by atomic mass is 10.1. The molecule has 3 aromatic rings. The first-order chi connectivity index (χ1) is 14.9. The number of aryl methyl sites for hydroxylation is 1. The molecular formula is C22H20N4O5. The average molecular weight is 420 g/mol. The van der Waals surface area contributed by atoms with Gasteiger partial charge < -0.3 is 14.6 Å². The molecule has 0 saturated heterocycles. The van der Waals surface area contributed by atoms with Gasteiger partial charge in [-0.3, -0.25) is 14.4 Å². The van der Waals surface area contributed by atoms with Gasteiger partial charge in [0.05, 0.1) is 23.4 Å². The van der Waals surface area contributed by atoms with Crippen molar-refractivity contribution in [2.75, 3.05) is 11.5 Å². The highest BCUT2D eigenvalue weighted by atomic mass is 16.5. The monoisotopic (exact) mass is 420 g/mol. The van der Waals surface area contributed by atoms with E-state index in [1.54, 1.807) is 38.1 Å². The zero-order chi connectivity index (χ0) is 22.1. The van der Waals surface area contributed by atoms with Gasteiger partial charge in [0.15, 0.2) is 5.82 Å². The fourth-order valence-corrected chi connectivity index (χ4v) is 3.31. The van der Waals surface area contributed by atoms with Crippen molar-refractivity contribution in [2.45, 2.75) is 26.8 Å². The SMILES string of the molecule is CCOc1ccc(N2C(=O)c3ccc(C(=O)NC(C)c4nc(C)no4)cc3C2=O)cc1. The van der Waals surface area contributed by atoms with E-state index < -0.39 is 23.8 Å². The van der Waals surface area contributed by atoms with Crippen LogP contribution in [0.4, 0.5) is 5.69 Å². The molecule has 1 atom stereocenters. The number of anilines is 1. The van der Waals surface area contributed by atoms with Gasteiger partial charge in [-0.05, 0) is 63.2 Å². The van der Waals surface area contributed by atoms with Gasteiger partial charge in [-0.2, -0.15) is 4.98 Å². The molecule has 158 valence electrons. The summed E-state index contributed by atoms with van der Waals surface area (Å²) in [7, 11) is 0. The standard InChI is InChI=1S/C22H20N4O5/c1-4-30-16-8-6-15(7-9-16)26-21(28)17-10-5-14(11-18(17)22(26)29)19(27)23-12(2)20-24-13(3)25-31-20/h5-12H,4H2,1-3H3,(H,23,27). The molecule has 1 aromatic heterocycles. The fraction of sp³-hybridized carbons (Fsp3) is 0.227. The van der Waals surface area contributed by atoms with Gasteiger partial charge in [0.25, 0.3) is 17.7 Å². The molecule has 0 spiro atoms. The van der Waals surface area contributed by atoms with E-state index in [9.17, 15) is 14.4 Å². The lowest BCUT2D eigenvalue weighted by molar-refractivity contribution is 0.0920. The number of carbonyl (C=O) groups is 3. The van der Waals surface area contributed by atoms with E-state index in [0.717, 1.165) is 4.90 Å². The molecule has 2 aromatic carbocycles. The Morgan fingerprint density at radius 3 is 2.48 bits per heavy atom. The maximum Gasteiger partial charge on any atom is 0.266 e. The summed E-state index contributed by atoms with van der Waals surface area (Å²) in [6, 6.07) is 10.6. The smallest absolute Gasteiger partial charge is 0.266 e. The molecule has 1 aliphatic rings. The molecule has 0 bridgehead atoms. The first kappa shape index (κ1) is 20.3. The maximum absolute atomic E-state index is 12.9. The molecular weight excluding hydrogens is 400 g/mol. The number of amides is 3. The van der Waals surface area contributed by atoms with Crippen LogP contribution in [0.15, 0.2) is 47.0 Å². The summed E-state index contributed by atoms with van der Waals surface area (Å²) in [6.45, 7) is 5.78. The van der Waals surface area contributed by atoms with Crippen LogP contribution in [-0.2, 0) is 0 Å². The van der Waals surface area contributed by atoms with E-state index in [2.05, 4.69) is 15.5 Å². The highest BCUT2D eigenvalue weighted by Crippen LogP contribution is 2.30. The fourth-order valence-electron chi connectivity index (χ4n) is 3.31. The second-order valence-corrected chi connectivity index (χ2v) is 7.01. The minimum Gasteiger partial charge on any atom is -0.494 e. The number of benzene rings is 2. The second kappa shape index (κ2) is 8.02. The molecule has 1 unspecified atom stereocenters. The van der Waals surface area contributed by atoms with Crippen LogP contribution in [0.2, 0.25) is 0 Å². The van der Waals surface area contributed by atoms with Crippen molar-refractivity contribution in [3.63, 3.8) is 0 Å². The zero-order valence-electron chi connectivity index (χ0n) is 17.2. The Morgan fingerprint density at radius 1 is 1.13 bits per heavy atom. The summed E-state index contributed by atoms with van der Waals surface area (Å²) < 4.78 is 10.5. The number of nitrogens with one attached hydrogen (secondary N) is 1. The number of nitrogens with zero attached hydrogens (tertiary/aromatic N) is 3. The topological polar surface area (TPSA) is 115 Å². The second-order valence-electron chi connectivity index (χ2n) is 7.01. The third-order valence-electron chi connectivity index (χ3n) is 4.82. The highest BCUT2D eigenvalue weighted by Gasteiger charge is 2.37. The lowest BCUT2D eigenvalue weighted by Gasteiger charge is -2.14. The first-order valence-electron chi connectivity index (χ1n) is 9.75. The van der Waals surface area contributed by atoms with E-state index in [-0.39, 0.29) is 22.6 Å². The molecule has 2 heterocycles. The normalized spacial score (nSPS) is 13.8. The number of imide groups is 1. The lowest BCUT2D eigenvalue weighted by Crippen LogP contribution is -2.29. The molecule has 1 aliphatic heterocycles. The molecule has 0 radical (unpaired) electrons. The summed E-state index contributed by atoms with van der Waals surface area (Å²) in [6.07, 6.45) is 0. The van der Waals surface area contributed by atoms with Crippen LogP contribution >= 0.6 is 0 Å². The summed E-state index contributed by atoms with van der Waals surface area (Å²) in [5.74, 6) is 0.0376. The van der Waals surface area contributed by atoms with Crippen LogP contribution in [0.3, 0.4) is 0 Å². The highest BCUT2D eigenvalue weighted by molar-refractivity contribution is 6.34. The third-order valence-corrected chi connectivity index (χ3v) is 4.82. The van der Waals surface area contributed by atoms with Crippen LogP contribution in [-0.4, -0.2) is 34.5 Å². The molecule has 9 nitrogen and oxygen atoms in total. The predicted molar refractivity (Wildman–Crippen MR) is 110 cm³/mol. The van der Waals surface area contributed by atoms with Gasteiger partial charge >= 0.3 is 0 Å². The number of ether oxygens (including phenoxy) is 1. The van der Waals surface area contributed by atoms with Crippen molar-refractivity contribution in [2.24, 2.45) is 0 Å². The molecule has 0 saturated carbocycles. The largest absolute Gasteiger partial charge is 0.494 e. The minimum absolute atomic E-state index is 0.174. The summed E-state index contributed by atoms with van der Waals surface area (Å²) in [5, 5.41) is 6.45. The third kappa shape index (κ3) is 3.77. The van der Waals surface area contributed by atoms with Gasteiger partial charge in [-0.1, -0.05) is 5.16 Å². The van der Waals surface area contributed by atoms with Gasteiger partial charge in [0, 0.05) is 5.56 Å². The first-order valence-corrected chi connectivity index (χ1v) is 9.75. The number of carbonyl (C=O) groups excluding carboxylic acids is 3. The molecule has 1 N–H and O–H groups in total. The van der Waals surface area contributed by atoms with E-state index >= 15 is 0 Å². The van der Waals surface area contributed by atoms with Gasteiger partial charge in [0.2, 0.25) is 5.89 Å². The van der Waals surface area contributed by atoms with Crippen LogP contribution < -0.4 is 15.0 Å². The van der Waals surface area contributed by atoms with Crippen molar-refractivity contribution in [3.8, 4) is 5.75 Å². The Hall–Kier alpha value is -4.01. The average Bonchev–Trinajstić information content (AvgIpc) is 3.30. The summed E-state index contributed by atoms with van der Waals surface area (Å²) in [4.78, 5) is 43.6. The number of fused-ring (bicyclic) bond motifs is 1. The number of hydrogen-bond acceptors (Lipinski definition) is 7. The van der Waals surface area contributed by atoms with Crippen LogP contribution in [0, 0.1) is 6.92 Å². The van der Waals surface area contributed by atoms with E-state index in [4.69, 9.17) is 9.26 Å². The predicted octanol–water partition coefficient (Wildman–Crippen LogP) is 3.07. The van der Waals surface area contributed by atoms with E-state index in [1.807, 2.05) is 6.92 Å². The maximum atomic E-state index is 12.9. The summed E-state index contributed by atoms with van der Waals surface area (Å²) >= 11 is 0. The van der Waals surface area contributed by atoms with Gasteiger partial charge in [0.1, 0.15) is 11.8 Å². The Labute approximate surface area is 178 Å². The molecule has 0 fully saturated rings. The van der Waals surface area contributed by atoms with E-state index in [1.165, 1.54) is 18.2 Å². The quantitative estimate of drug-likeness (QED) is 0.610. The van der Waals surface area contributed by atoms with E-state index in [0.29, 0.717) is 23.9 Å². The Morgan fingerprint density at radius 2 is 1.84 bits per heavy atom. The van der Waals surface area contributed by atoms with Crippen LogP contribution in [0.5, 0.6) is 5.75 Å². The van der Waals surface area contributed by atoms with Crippen molar-refractivity contribution >= 4 is 23.4 Å². The Bertz CT molecular complexity index is 1170.